The Hall–Kier alpha value is -3.64. The van der Waals surface area contributed by atoms with Crippen LogP contribution in [-0.2, 0) is 19.6 Å². The van der Waals surface area contributed by atoms with Gasteiger partial charge in [-0.05, 0) is 42.8 Å². The van der Waals surface area contributed by atoms with E-state index in [1.165, 1.54) is 18.2 Å². The number of carbonyl (C=O) groups is 2. The highest BCUT2D eigenvalue weighted by atomic mass is 32.2. The van der Waals surface area contributed by atoms with Crippen molar-refractivity contribution < 1.29 is 27.9 Å². The molecule has 8 N–H and O–H groups in total. The van der Waals surface area contributed by atoms with Gasteiger partial charge in [-0.15, -0.1) is 0 Å². The molecule has 0 aliphatic carbocycles. The number of carboxylic acid groups (broad SMARTS) is 1. The number of amides is 1. The van der Waals surface area contributed by atoms with Gasteiger partial charge in [0.05, 0.1) is 12.3 Å². The van der Waals surface area contributed by atoms with E-state index in [0.29, 0.717) is 17.7 Å². The number of ether oxygens (including phenoxy) is 1. The van der Waals surface area contributed by atoms with Crippen molar-refractivity contribution in [2.45, 2.75) is 23.8 Å². The Morgan fingerprint density at radius 2 is 1.78 bits per heavy atom. The van der Waals surface area contributed by atoms with Crippen molar-refractivity contribution >= 4 is 33.4 Å². The Morgan fingerprint density at radius 1 is 1.12 bits per heavy atom. The quantitative estimate of drug-likeness (QED) is 0.111. The van der Waals surface area contributed by atoms with Crippen LogP contribution in [0.1, 0.15) is 18.4 Å². The number of para-hydroxylation sites is 1. The summed E-state index contributed by atoms with van der Waals surface area (Å²) in [7, 11) is -4.19. The number of sulfonamides is 1. The summed E-state index contributed by atoms with van der Waals surface area (Å²) >= 11 is 0. The minimum Gasteiger partial charge on any atom is -0.494 e. The molecule has 0 saturated heterocycles. The Labute approximate surface area is 185 Å². The average Bonchev–Trinajstić information content (AvgIpc) is 2.74. The Bertz CT molecular complexity index is 1070. The van der Waals surface area contributed by atoms with Gasteiger partial charge in [-0.1, -0.05) is 12.1 Å². The second kappa shape index (κ2) is 11.1. The number of benzene rings is 2. The molecule has 0 bridgehead atoms. The van der Waals surface area contributed by atoms with Crippen molar-refractivity contribution in [3.8, 4) is 5.75 Å². The first-order valence-electron chi connectivity index (χ1n) is 9.54. The molecule has 1 atom stereocenters. The van der Waals surface area contributed by atoms with Gasteiger partial charge in [0, 0.05) is 18.5 Å². The fourth-order valence-corrected chi connectivity index (χ4v) is 3.93. The van der Waals surface area contributed by atoms with Crippen molar-refractivity contribution in [2.75, 3.05) is 18.9 Å². The van der Waals surface area contributed by atoms with E-state index in [0.717, 1.165) is 0 Å². The van der Waals surface area contributed by atoms with E-state index in [-0.39, 0.29) is 29.4 Å². The van der Waals surface area contributed by atoms with Crippen LogP contribution in [-0.4, -0.2) is 50.4 Å². The molecule has 12 heteroatoms. The van der Waals surface area contributed by atoms with Crippen molar-refractivity contribution in [2.24, 2.45) is 5.73 Å². The molecule has 0 spiro atoms. The largest absolute Gasteiger partial charge is 0.494 e. The average molecular weight is 464 g/mol. The number of hydrogen-bond donors (Lipinski definition) is 6. The molecular formula is C20H25N5O6S. The summed E-state index contributed by atoms with van der Waals surface area (Å²) in [4.78, 5) is 23.2. The summed E-state index contributed by atoms with van der Waals surface area (Å²) in [5.74, 6) is -1.40. The maximum Gasteiger partial charge on any atom is 0.323 e. The lowest BCUT2D eigenvalue weighted by atomic mass is 10.2. The van der Waals surface area contributed by atoms with E-state index < -0.39 is 34.5 Å². The monoisotopic (exact) mass is 463 g/mol. The van der Waals surface area contributed by atoms with Gasteiger partial charge < -0.3 is 26.6 Å². The van der Waals surface area contributed by atoms with E-state index in [1.54, 1.807) is 30.3 Å². The number of amidine groups is 1. The summed E-state index contributed by atoms with van der Waals surface area (Å²) in [5, 5.41) is 19.0. The van der Waals surface area contributed by atoms with E-state index in [9.17, 15) is 23.1 Å². The predicted molar refractivity (Wildman–Crippen MR) is 118 cm³/mol. The van der Waals surface area contributed by atoms with Crippen LogP contribution >= 0.6 is 0 Å². The van der Waals surface area contributed by atoms with Crippen molar-refractivity contribution in [1.82, 2.24) is 10.0 Å². The summed E-state index contributed by atoms with van der Waals surface area (Å²) in [6, 6.07) is 10.7. The van der Waals surface area contributed by atoms with E-state index in [2.05, 4.69) is 5.32 Å². The predicted octanol–water partition coefficient (Wildman–Crippen LogP) is 0.260. The molecule has 0 heterocycles. The van der Waals surface area contributed by atoms with E-state index in [4.69, 9.17) is 21.6 Å². The van der Waals surface area contributed by atoms with Crippen LogP contribution in [0.2, 0.25) is 0 Å². The summed E-state index contributed by atoms with van der Waals surface area (Å²) in [5.41, 5.74) is 11.6. The van der Waals surface area contributed by atoms with Crippen LogP contribution < -0.4 is 26.2 Å². The van der Waals surface area contributed by atoms with Crippen molar-refractivity contribution in [1.29, 1.82) is 5.41 Å². The molecule has 11 nitrogen and oxygen atoms in total. The standard InChI is InChI=1S/C20H25N5O6S/c21-15-4-1-2-5-17(15)32(29,30)25-16(20(27)28)12-24-18(26)6-3-11-31-14-9-7-13(8-10-14)19(22)23/h1-2,4-5,7-10,16,25H,3,6,11-12,21H2,(H3,22,23)(H,24,26)(H,27,28)/t16-/m0/s1. The molecule has 2 aromatic rings. The number of nitrogens with one attached hydrogen (secondary N) is 3. The molecule has 0 aromatic heterocycles. The highest BCUT2D eigenvalue weighted by molar-refractivity contribution is 7.89. The van der Waals surface area contributed by atoms with Crippen LogP contribution in [0.15, 0.2) is 53.4 Å². The van der Waals surface area contributed by atoms with Crippen LogP contribution in [0.25, 0.3) is 0 Å². The second-order valence-corrected chi connectivity index (χ2v) is 8.43. The number of carbonyl (C=O) groups excluding carboxylic acids is 1. The minimum atomic E-state index is -4.19. The van der Waals surface area contributed by atoms with E-state index in [1.807, 2.05) is 4.72 Å². The zero-order chi connectivity index (χ0) is 23.7. The van der Waals surface area contributed by atoms with Gasteiger partial charge in [0.15, 0.2) is 0 Å². The van der Waals surface area contributed by atoms with Gasteiger partial charge in [-0.2, -0.15) is 4.72 Å². The van der Waals surface area contributed by atoms with Crippen LogP contribution in [0.5, 0.6) is 5.75 Å². The van der Waals surface area contributed by atoms with Crippen LogP contribution in [0, 0.1) is 5.41 Å². The zero-order valence-corrected chi connectivity index (χ0v) is 17.9. The minimum absolute atomic E-state index is 0.0240. The second-order valence-electron chi connectivity index (χ2n) is 6.74. The molecule has 0 unspecified atom stereocenters. The third kappa shape index (κ3) is 7.25. The van der Waals surface area contributed by atoms with Crippen LogP contribution in [0.4, 0.5) is 5.69 Å². The topological polar surface area (TPSA) is 198 Å². The number of carboxylic acids is 1. The molecule has 2 aromatic carbocycles. The molecule has 0 aliphatic rings. The first-order valence-corrected chi connectivity index (χ1v) is 11.0. The maximum absolute atomic E-state index is 12.4. The number of nitrogens with two attached hydrogens (primary N) is 2. The fourth-order valence-electron chi connectivity index (χ4n) is 2.61. The third-order valence-electron chi connectivity index (χ3n) is 4.29. The SMILES string of the molecule is N=C(N)c1ccc(OCCCC(=O)NC[C@H](NS(=O)(=O)c2ccccc2N)C(=O)O)cc1. The highest BCUT2D eigenvalue weighted by Crippen LogP contribution is 2.17. The lowest BCUT2D eigenvalue weighted by molar-refractivity contribution is -0.138. The Balaban J connectivity index is 1.80. The third-order valence-corrected chi connectivity index (χ3v) is 5.84. The molecular weight excluding hydrogens is 438 g/mol. The van der Waals surface area contributed by atoms with Crippen molar-refractivity contribution in [3.05, 3.63) is 54.1 Å². The van der Waals surface area contributed by atoms with Gasteiger partial charge in [0.25, 0.3) is 0 Å². The van der Waals surface area contributed by atoms with Gasteiger partial charge in [0.2, 0.25) is 15.9 Å². The summed E-state index contributed by atoms with van der Waals surface area (Å²) in [6.07, 6.45) is 0.403. The smallest absolute Gasteiger partial charge is 0.323 e. The van der Waals surface area contributed by atoms with Gasteiger partial charge in [-0.3, -0.25) is 15.0 Å². The maximum atomic E-state index is 12.4. The summed E-state index contributed by atoms with van der Waals surface area (Å²) in [6.45, 7) is -0.206. The molecule has 0 fully saturated rings. The number of rotatable bonds is 12. The Morgan fingerprint density at radius 3 is 2.38 bits per heavy atom. The van der Waals surface area contributed by atoms with Crippen LogP contribution in [0.3, 0.4) is 0 Å². The summed E-state index contributed by atoms with van der Waals surface area (Å²) < 4.78 is 32.4. The molecule has 0 radical (unpaired) electrons. The Kier molecular flexibility index (Phi) is 8.55. The van der Waals surface area contributed by atoms with E-state index >= 15 is 0 Å². The number of hydrogen-bond acceptors (Lipinski definition) is 7. The van der Waals surface area contributed by atoms with Gasteiger partial charge in [0.1, 0.15) is 22.5 Å². The van der Waals surface area contributed by atoms with Gasteiger partial charge >= 0.3 is 5.97 Å². The normalized spacial score (nSPS) is 12.0. The lowest BCUT2D eigenvalue weighted by Gasteiger charge is -2.16. The molecule has 0 aliphatic heterocycles. The molecule has 0 saturated carbocycles. The molecule has 32 heavy (non-hydrogen) atoms. The molecule has 2 rings (SSSR count). The van der Waals surface area contributed by atoms with Crippen molar-refractivity contribution in [3.63, 3.8) is 0 Å². The highest BCUT2D eigenvalue weighted by Gasteiger charge is 2.27. The van der Waals surface area contributed by atoms with Gasteiger partial charge in [-0.25, -0.2) is 8.42 Å². The molecule has 1 amide bonds. The fraction of sp³-hybridized carbons (Fsp3) is 0.250. The lowest BCUT2D eigenvalue weighted by Crippen LogP contribution is -2.48. The number of aliphatic carboxylic acids is 1. The zero-order valence-electron chi connectivity index (χ0n) is 17.1. The number of anilines is 1. The molecule has 172 valence electrons. The first-order chi connectivity index (χ1) is 15.1. The number of nitrogen functional groups attached to an aromatic ring is 2. The first kappa shape index (κ1) is 24.6.